The largest absolute Gasteiger partial charge is 0.339 e. The summed E-state index contributed by atoms with van der Waals surface area (Å²) in [6.07, 6.45) is 1.50. The molecule has 11 heteroatoms. The van der Waals surface area contributed by atoms with E-state index in [9.17, 15) is 26.0 Å². The van der Waals surface area contributed by atoms with E-state index in [1.807, 2.05) is 0 Å². The fourth-order valence-electron chi connectivity index (χ4n) is 3.98. The molecule has 2 aromatic carbocycles. The van der Waals surface area contributed by atoms with Crippen LogP contribution in [0.4, 0.5) is 10.1 Å². The molecule has 1 amide bonds. The van der Waals surface area contributed by atoms with Gasteiger partial charge in [-0.3, -0.25) is 9.10 Å². The maximum absolute atomic E-state index is 13.0. The fraction of sp³-hybridized carbons (Fsp3) is 0.381. The maximum Gasteiger partial charge on any atom is 0.253 e. The number of rotatable bonds is 5. The standard InChI is InChI=1S/C21H24FN3O5S2/c22-17-4-8-20(9-5-17)32(29,30)23-18-10-13-24(14-11-18)21(26)16-2-6-19(7-3-16)25-12-1-15-31(25,27)28/h2-9,18,23H,1,10-15H2. The third kappa shape index (κ3) is 4.79. The number of anilines is 1. The van der Waals surface area contributed by atoms with E-state index in [0.717, 1.165) is 12.1 Å². The maximum atomic E-state index is 13.0. The molecule has 2 aliphatic rings. The number of hydrogen-bond donors (Lipinski definition) is 1. The van der Waals surface area contributed by atoms with Gasteiger partial charge in [-0.2, -0.15) is 0 Å². The molecule has 0 bridgehead atoms. The molecule has 2 heterocycles. The van der Waals surface area contributed by atoms with Gasteiger partial charge in [0, 0.05) is 31.2 Å². The van der Waals surface area contributed by atoms with Gasteiger partial charge in [-0.05, 0) is 67.8 Å². The number of carbonyl (C=O) groups excluding carboxylic acids is 1. The van der Waals surface area contributed by atoms with Crippen LogP contribution in [0.5, 0.6) is 0 Å². The summed E-state index contributed by atoms with van der Waals surface area (Å²) in [5.74, 6) is -0.556. The molecule has 2 aliphatic heterocycles. The molecule has 0 aliphatic carbocycles. The summed E-state index contributed by atoms with van der Waals surface area (Å²) in [4.78, 5) is 14.5. The number of nitrogens with zero attached hydrogens (tertiary/aromatic N) is 2. The quantitative estimate of drug-likeness (QED) is 0.703. The Hall–Kier alpha value is -2.50. The molecule has 0 radical (unpaired) electrons. The number of benzene rings is 2. The second-order valence-corrected chi connectivity index (χ2v) is 11.7. The summed E-state index contributed by atoms with van der Waals surface area (Å²) in [6.45, 7) is 1.21. The van der Waals surface area contributed by atoms with E-state index >= 15 is 0 Å². The van der Waals surface area contributed by atoms with Crippen LogP contribution in [0.3, 0.4) is 0 Å². The van der Waals surface area contributed by atoms with Crippen LogP contribution in [0.2, 0.25) is 0 Å². The van der Waals surface area contributed by atoms with Gasteiger partial charge in [0.25, 0.3) is 5.91 Å². The van der Waals surface area contributed by atoms with Gasteiger partial charge in [0.05, 0.1) is 16.3 Å². The first-order valence-corrected chi connectivity index (χ1v) is 13.4. The topological polar surface area (TPSA) is 104 Å². The van der Waals surface area contributed by atoms with Crippen molar-refractivity contribution in [1.82, 2.24) is 9.62 Å². The SMILES string of the molecule is O=C(c1ccc(N2CCCS2(=O)=O)cc1)N1CCC(NS(=O)(=O)c2ccc(F)cc2)CC1. The zero-order valence-corrected chi connectivity index (χ0v) is 18.9. The van der Waals surface area contributed by atoms with Crippen molar-refractivity contribution in [3.8, 4) is 0 Å². The second-order valence-electron chi connectivity index (χ2n) is 7.93. The van der Waals surface area contributed by atoms with Crippen LogP contribution in [0.1, 0.15) is 29.6 Å². The lowest BCUT2D eigenvalue weighted by Crippen LogP contribution is -2.46. The van der Waals surface area contributed by atoms with E-state index in [1.54, 1.807) is 29.2 Å². The minimum Gasteiger partial charge on any atom is -0.339 e. The smallest absolute Gasteiger partial charge is 0.253 e. The monoisotopic (exact) mass is 481 g/mol. The third-order valence-electron chi connectivity index (χ3n) is 5.73. The van der Waals surface area contributed by atoms with Crippen molar-refractivity contribution in [2.24, 2.45) is 0 Å². The summed E-state index contributed by atoms with van der Waals surface area (Å²) in [5, 5.41) is 0. The molecule has 0 aromatic heterocycles. The van der Waals surface area contributed by atoms with Gasteiger partial charge in [0.2, 0.25) is 20.0 Å². The van der Waals surface area contributed by atoms with Crippen molar-refractivity contribution in [2.75, 3.05) is 29.7 Å². The predicted molar refractivity (Wildman–Crippen MR) is 118 cm³/mol. The van der Waals surface area contributed by atoms with Crippen LogP contribution in [-0.4, -0.2) is 59.1 Å². The average molecular weight is 482 g/mol. The second kappa shape index (κ2) is 8.80. The van der Waals surface area contributed by atoms with Gasteiger partial charge >= 0.3 is 0 Å². The molecule has 0 unspecified atom stereocenters. The van der Waals surface area contributed by atoms with E-state index in [-0.39, 0.29) is 22.6 Å². The summed E-state index contributed by atoms with van der Waals surface area (Å²) >= 11 is 0. The summed E-state index contributed by atoms with van der Waals surface area (Å²) in [7, 11) is -7.04. The van der Waals surface area contributed by atoms with Crippen molar-refractivity contribution < 1.29 is 26.0 Å². The number of halogens is 1. The molecule has 2 saturated heterocycles. The van der Waals surface area contributed by atoms with Gasteiger partial charge < -0.3 is 4.90 Å². The lowest BCUT2D eigenvalue weighted by molar-refractivity contribution is 0.0711. The first kappa shape index (κ1) is 22.7. The molecular weight excluding hydrogens is 457 g/mol. The summed E-state index contributed by atoms with van der Waals surface area (Å²) in [5.41, 5.74) is 1.00. The predicted octanol–water partition coefficient (Wildman–Crippen LogP) is 1.95. The lowest BCUT2D eigenvalue weighted by atomic mass is 10.0. The van der Waals surface area contributed by atoms with Crippen LogP contribution < -0.4 is 9.03 Å². The van der Waals surface area contributed by atoms with Crippen LogP contribution >= 0.6 is 0 Å². The first-order chi connectivity index (χ1) is 15.2. The zero-order valence-electron chi connectivity index (χ0n) is 17.3. The van der Waals surface area contributed by atoms with Crippen LogP contribution in [0.15, 0.2) is 53.4 Å². The number of sulfonamides is 2. The number of piperidine rings is 1. The molecule has 4 rings (SSSR count). The highest BCUT2D eigenvalue weighted by molar-refractivity contribution is 7.93. The molecule has 0 saturated carbocycles. The Bertz CT molecular complexity index is 1190. The highest BCUT2D eigenvalue weighted by Gasteiger charge is 2.30. The van der Waals surface area contributed by atoms with Crippen LogP contribution in [0.25, 0.3) is 0 Å². The Balaban J connectivity index is 1.35. The summed E-state index contributed by atoms with van der Waals surface area (Å²) < 4.78 is 66.1. The lowest BCUT2D eigenvalue weighted by Gasteiger charge is -2.32. The Morgan fingerprint density at radius 3 is 2.16 bits per heavy atom. The molecule has 2 fully saturated rings. The number of nitrogens with one attached hydrogen (secondary N) is 1. The number of carbonyl (C=O) groups is 1. The van der Waals surface area contributed by atoms with E-state index in [4.69, 9.17) is 0 Å². The summed E-state index contributed by atoms with van der Waals surface area (Å²) in [6, 6.07) is 10.8. The minimum absolute atomic E-state index is 0.00230. The van der Waals surface area contributed by atoms with E-state index in [0.29, 0.717) is 50.1 Å². The number of likely N-dealkylation sites (tertiary alicyclic amines) is 1. The molecular formula is C21H24FN3O5S2. The van der Waals surface area contributed by atoms with Gasteiger partial charge in [0.1, 0.15) is 5.82 Å². The molecule has 2 aromatic rings. The van der Waals surface area contributed by atoms with Crippen molar-refractivity contribution in [3.05, 3.63) is 59.9 Å². The van der Waals surface area contributed by atoms with Crippen LogP contribution in [-0.2, 0) is 20.0 Å². The molecule has 32 heavy (non-hydrogen) atoms. The van der Waals surface area contributed by atoms with Gasteiger partial charge in [0.15, 0.2) is 0 Å². The van der Waals surface area contributed by atoms with Crippen molar-refractivity contribution in [1.29, 1.82) is 0 Å². The Morgan fingerprint density at radius 2 is 1.59 bits per heavy atom. The van der Waals surface area contributed by atoms with E-state index in [1.165, 1.54) is 16.4 Å². The average Bonchev–Trinajstić information content (AvgIpc) is 3.13. The van der Waals surface area contributed by atoms with Gasteiger partial charge in [-0.25, -0.2) is 25.9 Å². The normalized spacial score (nSPS) is 19.3. The van der Waals surface area contributed by atoms with Gasteiger partial charge in [-0.15, -0.1) is 0 Å². The third-order valence-corrected chi connectivity index (χ3v) is 9.14. The molecule has 0 atom stereocenters. The fourth-order valence-corrected chi connectivity index (χ4v) is 6.85. The molecule has 8 nitrogen and oxygen atoms in total. The molecule has 1 N–H and O–H groups in total. The Labute approximate surface area is 187 Å². The Kier molecular flexibility index (Phi) is 6.24. The van der Waals surface area contributed by atoms with E-state index < -0.39 is 25.9 Å². The van der Waals surface area contributed by atoms with Crippen LogP contribution in [0, 0.1) is 5.82 Å². The molecule has 172 valence electrons. The highest BCUT2D eigenvalue weighted by Crippen LogP contribution is 2.25. The number of amides is 1. The minimum atomic E-state index is -3.76. The highest BCUT2D eigenvalue weighted by atomic mass is 32.2. The van der Waals surface area contributed by atoms with Crippen molar-refractivity contribution in [2.45, 2.75) is 30.2 Å². The van der Waals surface area contributed by atoms with Crippen molar-refractivity contribution >= 4 is 31.6 Å². The Morgan fingerprint density at radius 1 is 0.969 bits per heavy atom. The first-order valence-electron chi connectivity index (χ1n) is 10.3. The van der Waals surface area contributed by atoms with E-state index in [2.05, 4.69) is 4.72 Å². The van der Waals surface area contributed by atoms with Gasteiger partial charge in [-0.1, -0.05) is 0 Å². The number of hydrogen-bond acceptors (Lipinski definition) is 5. The van der Waals surface area contributed by atoms with Crippen molar-refractivity contribution in [3.63, 3.8) is 0 Å². The zero-order chi connectivity index (χ0) is 22.9. The molecule has 0 spiro atoms.